The molecule has 318 valence electrons. The molecule has 2 aromatic heterocycles. The van der Waals surface area contributed by atoms with Crippen LogP contribution in [0.5, 0.6) is 5.75 Å². The predicted octanol–water partition coefficient (Wildman–Crippen LogP) is 15.4. The summed E-state index contributed by atoms with van der Waals surface area (Å²) in [6.07, 6.45) is -0.779. The zero-order valence-electron chi connectivity index (χ0n) is 54.4. The van der Waals surface area contributed by atoms with E-state index < -0.39 is 97.4 Å². The zero-order valence-corrected chi connectivity index (χ0v) is 37.7. The molecule has 0 atom stereocenters. The molecule has 62 heavy (non-hydrogen) atoms. The second kappa shape index (κ2) is 17.3. The average molecular weight is 1020 g/mol. The van der Waals surface area contributed by atoms with Crippen LogP contribution in [0.3, 0.4) is 0 Å². The first kappa shape index (κ1) is 26.1. The summed E-state index contributed by atoms with van der Waals surface area (Å²) >= 11 is 0. The Morgan fingerprint density at radius 3 is 2.11 bits per heavy atom. The molecular formula is C57H58N3OPt-. The van der Waals surface area contributed by atoms with Crippen LogP contribution in [0.2, 0.25) is 0 Å². The maximum absolute atomic E-state index is 12.3. The summed E-state index contributed by atoms with van der Waals surface area (Å²) in [6, 6.07) is 23.9. The van der Waals surface area contributed by atoms with Gasteiger partial charge in [0.25, 0.3) is 0 Å². The molecule has 0 saturated carbocycles. The van der Waals surface area contributed by atoms with Gasteiger partial charge in [0.1, 0.15) is 11.6 Å². The van der Waals surface area contributed by atoms with Crippen molar-refractivity contribution in [3.05, 3.63) is 167 Å². The van der Waals surface area contributed by atoms with Crippen LogP contribution in [0, 0.1) is 12.9 Å². The van der Waals surface area contributed by atoms with Gasteiger partial charge in [-0.3, -0.25) is 9.55 Å². The van der Waals surface area contributed by atoms with Crippen molar-refractivity contribution in [3.63, 3.8) is 0 Å². The van der Waals surface area contributed by atoms with Gasteiger partial charge in [-0.05, 0) is 93.2 Å². The molecule has 0 aliphatic carbocycles. The molecule has 0 aliphatic rings. The number of hydrogen-bond donors (Lipinski definition) is 1. The van der Waals surface area contributed by atoms with Gasteiger partial charge in [-0.1, -0.05) is 171 Å². The number of hydrogen-bond acceptors (Lipinski definition) is 3. The van der Waals surface area contributed by atoms with E-state index in [1.807, 2.05) is 108 Å². The Balaban J connectivity index is 0.00000946. The van der Waals surface area contributed by atoms with Gasteiger partial charge >= 0.3 is 0 Å². The van der Waals surface area contributed by atoms with Crippen LogP contribution < -0.4 is 0 Å². The van der Waals surface area contributed by atoms with E-state index >= 15 is 0 Å². The topological polar surface area (TPSA) is 50.9 Å². The standard InChI is InChI=1S/C57H58N3O.Pt/c1-35(2)41-32-47(36(3)4)54(61)49(33-41)55-59-53-46(18-15-19-52(53)60(55)51-25-20-37(5)28-48(51)39-16-13-12-14-17-39)42-29-43(31-45(30-42)57(9,10)11)50-34-40(26-27-58-50)38-21-23-44(24-22-38)56(6,7)8;/h12-28,30-36,61H,1-11H3;/q-1;/i5D3,6D3,7D3,8D3,21D,22D,23D,24D,26D,27D,34D;. The van der Waals surface area contributed by atoms with Gasteiger partial charge in [0.05, 0.1) is 31.9 Å². The molecular weight excluding hydrogens is 938 g/mol. The van der Waals surface area contributed by atoms with Crippen molar-refractivity contribution in [1.29, 1.82) is 0 Å². The Hall–Kier alpha value is -5.57. The van der Waals surface area contributed by atoms with Gasteiger partial charge in [-0.2, -0.15) is 0 Å². The fourth-order valence-electron chi connectivity index (χ4n) is 7.42. The van der Waals surface area contributed by atoms with E-state index in [4.69, 9.17) is 29.7 Å². The van der Waals surface area contributed by atoms with Gasteiger partial charge in [0, 0.05) is 54.9 Å². The molecule has 4 nitrogen and oxygen atoms in total. The van der Waals surface area contributed by atoms with Crippen molar-refractivity contribution in [2.75, 3.05) is 0 Å². The minimum absolute atomic E-state index is 0. The van der Waals surface area contributed by atoms with Gasteiger partial charge in [-0.15, -0.1) is 29.3 Å². The van der Waals surface area contributed by atoms with E-state index in [0.29, 0.717) is 61.5 Å². The zero-order chi connectivity index (χ0) is 59.5. The summed E-state index contributed by atoms with van der Waals surface area (Å²) in [5.41, 5.74) is -1.23. The third kappa shape index (κ3) is 8.73. The van der Waals surface area contributed by atoms with Crippen LogP contribution in [0.4, 0.5) is 0 Å². The van der Waals surface area contributed by atoms with Crippen LogP contribution in [-0.2, 0) is 31.9 Å². The second-order valence-corrected chi connectivity index (χ2v) is 17.0. The molecule has 8 rings (SSSR count). The average Bonchev–Trinajstić information content (AvgIpc) is 3.74. The number of rotatable bonds is 8. The maximum atomic E-state index is 12.3. The Bertz CT molecular complexity index is 3690. The van der Waals surface area contributed by atoms with Crippen LogP contribution in [0.15, 0.2) is 133 Å². The molecule has 0 unspecified atom stereocenters. The second-order valence-electron chi connectivity index (χ2n) is 17.0. The fraction of sp³-hybridized carbons (Fsp3) is 0.263. The molecule has 1 N–H and O–H groups in total. The monoisotopic (exact) mass is 1010 g/mol. The molecule has 0 aliphatic heterocycles. The molecule has 6 aromatic carbocycles. The fourth-order valence-corrected chi connectivity index (χ4v) is 7.42. The Morgan fingerprint density at radius 2 is 1.44 bits per heavy atom. The number of aromatic hydroxyl groups is 1. The Kier molecular flexibility index (Phi) is 7.30. The summed E-state index contributed by atoms with van der Waals surface area (Å²) in [5, 5.41) is 12.3. The number of fused-ring (bicyclic) bond motifs is 1. The van der Waals surface area contributed by atoms with E-state index in [2.05, 4.69) is 11.1 Å². The SMILES string of the molecule is [2H]c1nc(-c2[c-]c(-c3cccc4c3nc(-c3cc(C(C)C)cc(C(C)C)c3O)n4-c3ccc(C([2H])([2H])[2H])cc3-c3ccccc3)cc(C(C)(C)C)c2)c([2H])c(-c2c([2H])c([2H])c(C(C([2H])([2H])[2H])(C([2H])([2H])[2H])C([2H])([2H])[2H])c([2H])c2[2H])c1[2H].[Pt]. The molecule has 0 saturated heterocycles. The number of aryl methyl sites for hydroxylation is 1. The first-order valence-electron chi connectivity index (χ1n) is 29.6. The smallest absolute Gasteiger partial charge is 0.148 e. The number of pyridine rings is 1. The first-order chi connectivity index (χ1) is 36.9. The van der Waals surface area contributed by atoms with Crippen LogP contribution in [0.1, 0.15) is 135 Å². The van der Waals surface area contributed by atoms with Crippen LogP contribution >= 0.6 is 0 Å². The molecule has 2 heterocycles. The van der Waals surface area contributed by atoms with Crippen molar-refractivity contribution < 1.29 is 52.2 Å². The maximum Gasteiger partial charge on any atom is 0.148 e. The van der Waals surface area contributed by atoms with Gasteiger partial charge in [0.15, 0.2) is 0 Å². The van der Waals surface area contributed by atoms with E-state index in [-0.39, 0.29) is 55.5 Å². The van der Waals surface area contributed by atoms with Crippen molar-refractivity contribution in [2.45, 2.75) is 98.5 Å². The number of aromatic nitrogens is 3. The summed E-state index contributed by atoms with van der Waals surface area (Å²) in [6.45, 7) is -0.450. The molecule has 0 spiro atoms. The molecule has 0 bridgehead atoms. The molecule has 5 heteroatoms. The summed E-state index contributed by atoms with van der Waals surface area (Å²) in [4.78, 5) is 9.74. The van der Waals surface area contributed by atoms with E-state index in [1.165, 1.54) is 0 Å². The third-order valence-electron chi connectivity index (χ3n) is 10.8. The number of phenols is 1. The van der Waals surface area contributed by atoms with Crippen molar-refractivity contribution in [1.82, 2.24) is 14.5 Å². The largest absolute Gasteiger partial charge is 0.507 e. The van der Waals surface area contributed by atoms with E-state index in [9.17, 15) is 6.48 Å². The summed E-state index contributed by atoms with van der Waals surface area (Å²) < 4.78 is 165. The van der Waals surface area contributed by atoms with Gasteiger partial charge in [-0.25, -0.2) is 4.98 Å². The number of phenolic OH excluding ortho intramolecular Hbond substituents is 1. The quantitative estimate of drug-likeness (QED) is 0.154. The number of imidazole rings is 1. The van der Waals surface area contributed by atoms with E-state index in [0.717, 1.165) is 5.56 Å². The minimum atomic E-state index is -3.94. The Labute approximate surface area is 410 Å². The van der Waals surface area contributed by atoms with Crippen molar-refractivity contribution >= 4 is 11.0 Å². The molecule has 0 fully saturated rings. The molecule has 0 radical (unpaired) electrons. The van der Waals surface area contributed by atoms with Crippen molar-refractivity contribution in [2.24, 2.45) is 0 Å². The predicted molar refractivity (Wildman–Crippen MR) is 257 cm³/mol. The van der Waals surface area contributed by atoms with Gasteiger partial charge in [0.2, 0.25) is 0 Å². The molecule has 0 amide bonds. The van der Waals surface area contributed by atoms with Gasteiger partial charge < -0.3 is 5.11 Å². The van der Waals surface area contributed by atoms with Crippen molar-refractivity contribution in [3.8, 4) is 67.5 Å². The minimum Gasteiger partial charge on any atom is -0.507 e. The van der Waals surface area contributed by atoms with Crippen LogP contribution in [0.25, 0.3) is 72.7 Å². The summed E-state index contributed by atoms with van der Waals surface area (Å²) in [5.74, 6) is 0.249. The number of para-hydroxylation sites is 1. The van der Waals surface area contributed by atoms with Crippen LogP contribution in [-0.4, -0.2) is 19.6 Å². The normalized spacial score (nSPS) is 17.3. The number of benzene rings is 6. The summed E-state index contributed by atoms with van der Waals surface area (Å²) in [7, 11) is 0. The Morgan fingerprint density at radius 1 is 0.694 bits per heavy atom. The first-order valence-corrected chi connectivity index (χ1v) is 20.1. The third-order valence-corrected chi connectivity index (χ3v) is 10.8. The van der Waals surface area contributed by atoms with E-state index in [1.54, 1.807) is 36.4 Å². The molecule has 8 aromatic rings. The number of nitrogens with zero attached hydrogens (tertiary/aromatic N) is 3.